The first-order valence-corrected chi connectivity index (χ1v) is 7.18. The first-order valence-electron chi connectivity index (χ1n) is 7.18. The number of carbonyl (C=O) groups excluding carboxylic acids is 1. The molecule has 0 aliphatic carbocycles. The van der Waals surface area contributed by atoms with Gasteiger partial charge >= 0.3 is 12.0 Å². The first kappa shape index (κ1) is 19.7. The van der Waals surface area contributed by atoms with Gasteiger partial charge < -0.3 is 25.4 Å². The molecule has 0 aliphatic heterocycles. The number of aliphatic carboxylic acids is 1. The molecule has 21 heavy (non-hydrogen) atoms. The van der Waals surface area contributed by atoms with E-state index in [1.54, 1.807) is 0 Å². The van der Waals surface area contributed by atoms with Gasteiger partial charge in [0.2, 0.25) is 0 Å². The molecule has 0 bridgehead atoms. The van der Waals surface area contributed by atoms with Crippen molar-refractivity contribution >= 4 is 12.0 Å². The average Bonchev–Trinajstić information content (AvgIpc) is 2.32. The largest absolute Gasteiger partial charge is 0.481 e. The van der Waals surface area contributed by atoms with Gasteiger partial charge in [-0.25, -0.2) is 4.79 Å². The number of likely N-dealkylation sites (N-methyl/N-ethyl adjacent to an activating group) is 1. The standard InChI is InChI=1S/C14H29N3O4/c1-10(2)6-11(9-17(3)4)16-14(20)15-8-12(21-5)7-13(18)19/h10-12H,6-9H2,1-5H3,(H,18,19)(H2,15,16,20). The maximum Gasteiger partial charge on any atom is 0.315 e. The highest BCUT2D eigenvalue weighted by Crippen LogP contribution is 2.05. The molecule has 2 amide bonds. The van der Waals surface area contributed by atoms with Gasteiger partial charge in [-0.05, 0) is 26.4 Å². The minimum absolute atomic E-state index is 0.0560. The molecular weight excluding hydrogens is 274 g/mol. The van der Waals surface area contributed by atoms with Gasteiger partial charge in [-0.2, -0.15) is 0 Å². The fourth-order valence-corrected chi connectivity index (χ4v) is 2.07. The highest BCUT2D eigenvalue weighted by Gasteiger charge is 2.17. The summed E-state index contributed by atoms with van der Waals surface area (Å²) in [6, 6.07) is -0.240. The average molecular weight is 303 g/mol. The molecule has 0 saturated heterocycles. The van der Waals surface area contributed by atoms with E-state index in [9.17, 15) is 9.59 Å². The van der Waals surface area contributed by atoms with Crippen LogP contribution in [0.4, 0.5) is 4.79 Å². The number of urea groups is 1. The summed E-state index contributed by atoms with van der Waals surface area (Å²) >= 11 is 0. The Morgan fingerprint density at radius 1 is 1.29 bits per heavy atom. The summed E-state index contributed by atoms with van der Waals surface area (Å²) < 4.78 is 5.01. The van der Waals surface area contributed by atoms with Crippen molar-refractivity contribution < 1.29 is 19.4 Å². The second kappa shape index (κ2) is 10.4. The third-order valence-electron chi connectivity index (χ3n) is 2.90. The van der Waals surface area contributed by atoms with E-state index >= 15 is 0 Å². The number of nitrogens with zero attached hydrogens (tertiary/aromatic N) is 1. The Bertz CT molecular complexity index is 311. The molecule has 0 saturated carbocycles. The van der Waals surface area contributed by atoms with Gasteiger partial charge in [0.1, 0.15) is 0 Å². The van der Waals surface area contributed by atoms with Crippen LogP contribution in [-0.2, 0) is 9.53 Å². The second-order valence-corrected chi connectivity index (χ2v) is 5.90. The fourth-order valence-electron chi connectivity index (χ4n) is 2.07. The van der Waals surface area contributed by atoms with Gasteiger partial charge in [0.25, 0.3) is 0 Å². The number of methoxy groups -OCH3 is 1. The lowest BCUT2D eigenvalue weighted by atomic mass is 10.0. The molecule has 0 aromatic carbocycles. The lowest BCUT2D eigenvalue weighted by Crippen LogP contribution is -2.48. The SMILES string of the molecule is COC(CNC(=O)NC(CC(C)C)CN(C)C)CC(=O)O. The van der Waals surface area contributed by atoms with Crippen molar-refractivity contribution in [2.24, 2.45) is 5.92 Å². The van der Waals surface area contributed by atoms with Crippen molar-refractivity contribution in [3.63, 3.8) is 0 Å². The number of rotatable bonds is 10. The second-order valence-electron chi connectivity index (χ2n) is 5.90. The van der Waals surface area contributed by atoms with Gasteiger partial charge in [0.05, 0.1) is 12.5 Å². The Kier molecular flexibility index (Phi) is 9.73. The summed E-state index contributed by atoms with van der Waals surface area (Å²) in [5, 5.41) is 14.3. The molecule has 0 fully saturated rings. The van der Waals surface area contributed by atoms with E-state index < -0.39 is 12.1 Å². The summed E-state index contributed by atoms with van der Waals surface area (Å²) in [7, 11) is 5.35. The first-order chi connectivity index (χ1) is 9.74. The van der Waals surface area contributed by atoms with Crippen molar-refractivity contribution in [1.29, 1.82) is 0 Å². The number of carbonyl (C=O) groups is 2. The van der Waals surface area contributed by atoms with Crippen LogP contribution in [0.1, 0.15) is 26.7 Å². The molecular formula is C14H29N3O4. The number of amides is 2. The molecule has 2 unspecified atom stereocenters. The van der Waals surface area contributed by atoms with E-state index in [0.29, 0.717) is 5.92 Å². The topological polar surface area (TPSA) is 90.9 Å². The van der Waals surface area contributed by atoms with Gasteiger partial charge in [0.15, 0.2) is 0 Å². The minimum Gasteiger partial charge on any atom is -0.481 e. The summed E-state index contributed by atoms with van der Waals surface area (Å²) in [6.45, 7) is 5.14. The molecule has 0 heterocycles. The van der Waals surface area contributed by atoms with Crippen molar-refractivity contribution in [2.45, 2.75) is 38.8 Å². The molecule has 0 aromatic heterocycles. The summed E-state index contributed by atoms with van der Waals surface area (Å²) in [4.78, 5) is 24.5. The van der Waals surface area contributed by atoms with E-state index in [-0.39, 0.29) is 25.0 Å². The Morgan fingerprint density at radius 3 is 2.33 bits per heavy atom. The number of ether oxygens (including phenoxy) is 1. The predicted molar refractivity (Wildman–Crippen MR) is 81.4 cm³/mol. The number of carboxylic acids is 1. The minimum atomic E-state index is -0.950. The molecule has 0 aliphatic rings. The number of nitrogens with one attached hydrogen (secondary N) is 2. The molecule has 0 spiro atoms. The van der Waals surface area contributed by atoms with Gasteiger partial charge in [0, 0.05) is 26.2 Å². The van der Waals surface area contributed by atoms with Crippen LogP contribution in [0.2, 0.25) is 0 Å². The predicted octanol–water partition coefficient (Wildman–Crippen LogP) is 0.752. The Morgan fingerprint density at radius 2 is 1.90 bits per heavy atom. The van der Waals surface area contributed by atoms with Crippen LogP contribution in [0.3, 0.4) is 0 Å². The number of carboxylic acid groups (broad SMARTS) is 1. The monoisotopic (exact) mass is 303 g/mol. The molecule has 7 heteroatoms. The van der Waals surface area contributed by atoms with E-state index in [1.165, 1.54) is 7.11 Å². The third-order valence-corrected chi connectivity index (χ3v) is 2.90. The van der Waals surface area contributed by atoms with Crippen LogP contribution in [-0.4, -0.2) is 68.4 Å². The van der Waals surface area contributed by atoms with Gasteiger partial charge in [-0.15, -0.1) is 0 Å². The van der Waals surface area contributed by atoms with Crippen LogP contribution in [0.25, 0.3) is 0 Å². The molecule has 7 nitrogen and oxygen atoms in total. The van der Waals surface area contributed by atoms with Crippen LogP contribution < -0.4 is 10.6 Å². The number of hydrogen-bond acceptors (Lipinski definition) is 4. The van der Waals surface area contributed by atoms with Crippen molar-refractivity contribution in [3.05, 3.63) is 0 Å². The quantitative estimate of drug-likeness (QED) is 0.554. The molecule has 0 aromatic rings. The zero-order valence-corrected chi connectivity index (χ0v) is 13.7. The summed E-state index contributed by atoms with van der Waals surface area (Å²) in [5.41, 5.74) is 0. The zero-order valence-electron chi connectivity index (χ0n) is 13.7. The molecule has 0 rings (SSSR count). The lowest BCUT2D eigenvalue weighted by molar-refractivity contribution is -0.139. The van der Waals surface area contributed by atoms with E-state index in [1.807, 2.05) is 19.0 Å². The van der Waals surface area contributed by atoms with Crippen molar-refractivity contribution in [1.82, 2.24) is 15.5 Å². The van der Waals surface area contributed by atoms with Gasteiger partial charge in [-0.3, -0.25) is 4.79 Å². The van der Waals surface area contributed by atoms with E-state index in [2.05, 4.69) is 24.5 Å². The normalized spacial score (nSPS) is 14.0. The third kappa shape index (κ3) is 11.0. The van der Waals surface area contributed by atoms with Crippen LogP contribution in [0.15, 0.2) is 0 Å². The Balaban J connectivity index is 4.25. The zero-order chi connectivity index (χ0) is 16.4. The van der Waals surface area contributed by atoms with E-state index in [4.69, 9.17) is 9.84 Å². The summed E-state index contributed by atoms with van der Waals surface area (Å²) in [5.74, 6) is -0.469. The van der Waals surface area contributed by atoms with Gasteiger partial charge in [-0.1, -0.05) is 13.8 Å². The highest BCUT2D eigenvalue weighted by atomic mass is 16.5. The highest BCUT2D eigenvalue weighted by molar-refractivity contribution is 5.74. The summed E-state index contributed by atoms with van der Waals surface area (Å²) in [6.07, 6.45) is 0.226. The van der Waals surface area contributed by atoms with Crippen LogP contribution >= 0.6 is 0 Å². The molecule has 3 N–H and O–H groups in total. The Labute approximate surface area is 127 Å². The lowest BCUT2D eigenvalue weighted by Gasteiger charge is -2.24. The van der Waals surface area contributed by atoms with Crippen LogP contribution in [0, 0.1) is 5.92 Å². The maximum atomic E-state index is 11.9. The van der Waals surface area contributed by atoms with Crippen molar-refractivity contribution in [2.75, 3.05) is 34.3 Å². The molecule has 0 radical (unpaired) electrons. The molecule has 2 atom stereocenters. The smallest absolute Gasteiger partial charge is 0.315 e. The van der Waals surface area contributed by atoms with E-state index in [0.717, 1.165) is 13.0 Å². The van der Waals surface area contributed by atoms with Crippen LogP contribution in [0.5, 0.6) is 0 Å². The fraction of sp³-hybridized carbons (Fsp3) is 0.857. The van der Waals surface area contributed by atoms with Crippen molar-refractivity contribution in [3.8, 4) is 0 Å². The maximum absolute atomic E-state index is 11.9. The number of hydrogen-bond donors (Lipinski definition) is 3. The molecule has 124 valence electrons. The Hall–Kier alpha value is -1.34.